The van der Waals surface area contributed by atoms with Gasteiger partial charge in [0.25, 0.3) is 11.6 Å². The number of aliphatic hydroxyl groups excluding tert-OH is 1. The maximum Gasteiger partial charge on any atom is 0.273 e. The number of para-hydroxylation sites is 2. The largest absolute Gasteiger partial charge is 0.493 e. The molecule has 1 amide bonds. The molecule has 0 aliphatic carbocycles. The van der Waals surface area contributed by atoms with Gasteiger partial charge in [-0.05, 0) is 25.1 Å². The predicted octanol–water partition coefficient (Wildman–Crippen LogP) is 2.08. The average Bonchev–Trinajstić information content (AvgIpc) is 2.64. The molecule has 0 bridgehead atoms. The highest BCUT2D eigenvalue weighted by atomic mass is 16.6. The van der Waals surface area contributed by atoms with Crippen molar-refractivity contribution < 1.29 is 24.3 Å². The maximum atomic E-state index is 12.2. The maximum absolute atomic E-state index is 12.2. The van der Waals surface area contributed by atoms with Crippen molar-refractivity contribution >= 4 is 11.6 Å². The number of rotatable bonds is 8. The number of aliphatic hydroxyl groups is 1. The summed E-state index contributed by atoms with van der Waals surface area (Å²) in [5.74, 6) is 0.522. The van der Waals surface area contributed by atoms with Gasteiger partial charge in [-0.2, -0.15) is 0 Å². The van der Waals surface area contributed by atoms with E-state index in [1.807, 2.05) is 0 Å². The van der Waals surface area contributed by atoms with Crippen molar-refractivity contribution in [3.63, 3.8) is 0 Å². The number of hydrogen-bond donors (Lipinski definition) is 2. The third-order valence-electron chi connectivity index (χ3n) is 3.75. The van der Waals surface area contributed by atoms with E-state index in [1.165, 1.54) is 32.2 Å². The third kappa shape index (κ3) is 4.70. The second-order valence-corrected chi connectivity index (χ2v) is 5.53. The minimum absolute atomic E-state index is 0.0471. The van der Waals surface area contributed by atoms with E-state index in [1.54, 1.807) is 24.3 Å². The van der Waals surface area contributed by atoms with E-state index < -0.39 is 16.9 Å². The second-order valence-electron chi connectivity index (χ2n) is 5.53. The molecule has 8 nitrogen and oxygen atoms in total. The van der Waals surface area contributed by atoms with Crippen molar-refractivity contribution in [2.24, 2.45) is 0 Å². The van der Waals surface area contributed by atoms with Crippen LogP contribution in [0.15, 0.2) is 42.5 Å². The fraction of sp³-hybridized carbons (Fsp3) is 0.278. The zero-order chi connectivity index (χ0) is 19.1. The first-order valence-corrected chi connectivity index (χ1v) is 7.90. The first-order chi connectivity index (χ1) is 12.4. The molecule has 8 heteroatoms. The highest BCUT2D eigenvalue weighted by Crippen LogP contribution is 2.25. The number of hydrogen-bond acceptors (Lipinski definition) is 6. The van der Waals surface area contributed by atoms with Gasteiger partial charge in [0.1, 0.15) is 12.7 Å². The Bertz CT molecular complexity index is 793. The van der Waals surface area contributed by atoms with Crippen molar-refractivity contribution in [2.75, 3.05) is 20.3 Å². The molecule has 0 aliphatic heterocycles. The zero-order valence-corrected chi connectivity index (χ0v) is 14.5. The summed E-state index contributed by atoms with van der Waals surface area (Å²) in [6.45, 7) is 1.40. The molecule has 0 aromatic heterocycles. The molecule has 2 aromatic carbocycles. The van der Waals surface area contributed by atoms with Crippen LogP contribution in [-0.2, 0) is 0 Å². The summed E-state index contributed by atoms with van der Waals surface area (Å²) < 4.78 is 10.6. The molecule has 1 atom stereocenters. The molecule has 2 rings (SSSR count). The van der Waals surface area contributed by atoms with Crippen molar-refractivity contribution in [1.82, 2.24) is 5.32 Å². The summed E-state index contributed by atoms with van der Waals surface area (Å²) in [6.07, 6.45) is -0.956. The third-order valence-corrected chi connectivity index (χ3v) is 3.75. The highest BCUT2D eigenvalue weighted by molar-refractivity contribution is 5.96. The number of carbonyl (C=O) groups excluding carboxylic acids is 1. The fourth-order valence-corrected chi connectivity index (χ4v) is 2.36. The lowest BCUT2D eigenvalue weighted by Crippen LogP contribution is -2.35. The number of nitro benzene ring substituents is 1. The Hall–Kier alpha value is -3.13. The molecule has 0 heterocycles. The fourth-order valence-electron chi connectivity index (χ4n) is 2.36. The molecule has 2 N–H and O–H groups in total. The van der Waals surface area contributed by atoms with Crippen LogP contribution in [0.1, 0.15) is 15.9 Å². The van der Waals surface area contributed by atoms with Crippen LogP contribution in [0.5, 0.6) is 11.5 Å². The van der Waals surface area contributed by atoms with Crippen LogP contribution >= 0.6 is 0 Å². The topological polar surface area (TPSA) is 111 Å². The Morgan fingerprint density at radius 3 is 2.58 bits per heavy atom. The Morgan fingerprint density at radius 1 is 1.23 bits per heavy atom. The lowest BCUT2D eigenvalue weighted by atomic mass is 10.1. The van der Waals surface area contributed by atoms with Crippen LogP contribution < -0.4 is 14.8 Å². The van der Waals surface area contributed by atoms with E-state index in [2.05, 4.69) is 5.32 Å². The SMILES string of the molecule is COc1ccccc1OC[C@H](O)CNC(=O)c1cccc([N+](=O)[O-])c1C. The van der Waals surface area contributed by atoms with Gasteiger partial charge in [-0.1, -0.05) is 18.2 Å². The van der Waals surface area contributed by atoms with Crippen LogP contribution in [0.25, 0.3) is 0 Å². The Kier molecular flexibility index (Phi) is 6.51. The Balaban J connectivity index is 1.91. The number of methoxy groups -OCH3 is 1. The summed E-state index contributed by atoms with van der Waals surface area (Å²) in [5.41, 5.74) is 0.338. The standard InChI is InChI=1S/C18H20N2O6/c1-12-14(6-5-7-15(12)20(23)24)18(22)19-10-13(21)11-26-17-9-4-3-8-16(17)25-2/h3-9,13,21H,10-11H2,1-2H3,(H,19,22)/t13-/m1/s1. The normalized spacial score (nSPS) is 11.5. The zero-order valence-electron chi connectivity index (χ0n) is 14.5. The van der Waals surface area contributed by atoms with Gasteiger partial charge < -0.3 is 19.9 Å². The number of amides is 1. The number of nitrogens with zero attached hydrogens (tertiary/aromatic N) is 1. The summed E-state index contributed by atoms with van der Waals surface area (Å²) in [6, 6.07) is 11.3. The van der Waals surface area contributed by atoms with Gasteiger partial charge in [-0.3, -0.25) is 14.9 Å². The monoisotopic (exact) mass is 360 g/mol. The minimum atomic E-state index is -0.956. The lowest BCUT2D eigenvalue weighted by molar-refractivity contribution is -0.385. The lowest BCUT2D eigenvalue weighted by Gasteiger charge is -2.15. The van der Waals surface area contributed by atoms with Gasteiger partial charge >= 0.3 is 0 Å². The molecule has 0 radical (unpaired) electrons. The van der Waals surface area contributed by atoms with E-state index in [0.717, 1.165) is 0 Å². The van der Waals surface area contributed by atoms with E-state index in [4.69, 9.17) is 9.47 Å². The molecule has 0 saturated heterocycles. The molecule has 2 aromatic rings. The highest BCUT2D eigenvalue weighted by Gasteiger charge is 2.18. The van der Waals surface area contributed by atoms with E-state index in [9.17, 15) is 20.0 Å². The van der Waals surface area contributed by atoms with E-state index >= 15 is 0 Å². The molecular weight excluding hydrogens is 340 g/mol. The van der Waals surface area contributed by atoms with Crippen molar-refractivity contribution in [1.29, 1.82) is 0 Å². The second kappa shape index (κ2) is 8.82. The van der Waals surface area contributed by atoms with Crippen LogP contribution in [0.3, 0.4) is 0 Å². The van der Waals surface area contributed by atoms with Crippen molar-refractivity contribution in [2.45, 2.75) is 13.0 Å². The molecule has 26 heavy (non-hydrogen) atoms. The number of carbonyl (C=O) groups is 1. The molecule has 0 unspecified atom stereocenters. The summed E-state index contributed by atoms with van der Waals surface area (Å²) in [7, 11) is 1.51. The molecule has 0 spiro atoms. The van der Waals surface area contributed by atoms with Gasteiger partial charge in [0.05, 0.1) is 12.0 Å². The molecule has 0 aliphatic rings. The Labute approximate surface area is 150 Å². The smallest absolute Gasteiger partial charge is 0.273 e. The van der Waals surface area contributed by atoms with Gasteiger partial charge in [-0.15, -0.1) is 0 Å². The van der Waals surface area contributed by atoms with Crippen LogP contribution in [-0.4, -0.2) is 42.3 Å². The molecular formula is C18H20N2O6. The average molecular weight is 360 g/mol. The van der Waals surface area contributed by atoms with Gasteiger partial charge in [0, 0.05) is 23.7 Å². The first-order valence-electron chi connectivity index (χ1n) is 7.90. The summed E-state index contributed by atoms with van der Waals surface area (Å²) >= 11 is 0. The van der Waals surface area contributed by atoms with Crippen LogP contribution in [0, 0.1) is 17.0 Å². The summed E-state index contributed by atoms with van der Waals surface area (Å²) in [4.78, 5) is 22.6. The van der Waals surface area contributed by atoms with E-state index in [-0.39, 0.29) is 30.0 Å². The molecule has 138 valence electrons. The van der Waals surface area contributed by atoms with Gasteiger partial charge in [0.2, 0.25) is 0 Å². The van der Waals surface area contributed by atoms with Crippen LogP contribution in [0.4, 0.5) is 5.69 Å². The van der Waals surface area contributed by atoms with Crippen molar-refractivity contribution in [3.05, 3.63) is 63.7 Å². The number of benzene rings is 2. The van der Waals surface area contributed by atoms with Gasteiger partial charge in [-0.25, -0.2) is 0 Å². The Morgan fingerprint density at radius 2 is 1.92 bits per heavy atom. The van der Waals surface area contributed by atoms with E-state index in [0.29, 0.717) is 11.5 Å². The van der Waals surface area contributed by atoms with Gasteiger partial charge in [0.15, 0.2) is 11.5 Å². The molecule has 0 fully saturated rings. The van der Waals surface area contributed by atoms with Crippen LogP contribution in [0.2, 0.25) is 0 Å². The quantitative estimate of drug-likeness (QED) is 0.551. The minimum Gasteiger partial charge on any atom is -0.493 e. The van der Waals surface area contributed by atoms with Crippen molar-refractivity contribution in [3.8, 4) is 11.5 Å². The number of nitrogens with one attached hydrogen (secondary N) is 1. The number of nitro groups is 1. The predicted molar refractivity (Wildman–Crippen MR) is 94.7 cm³/mol. The number of ether oxygens (including phenoxy) is 2. The summed E-state index contributed by atoms with van der Waals surface area (Å²) in [5, 5.41) is 23.5. The molecule has 0 saturated carbocycles. The first kappa shape index (κ1) is 19.2.